The van der Waals surface area contributed by atoms with Crippen molar-refractivity contribution in [2.24, 2.45) is 0 Å². The minimum Gasteiger partial charge on any atom is -0.507 e. The number of aromatic hydroxyl groups is 4. The van der Waals surface area contributed by atoms with Gasteiger partial charge in [-0.2, -0.15) is 0 Å². The van der Waals surface area contributed by atoms with Crippen LogP contribution in [-0.4, -0.2) is 20.4 Å². The molecule has 4 rings (SSSR count). The fourth-order valence-electron chi connectivity index (χ4n) is 4.52. The average Bonchev–Trinajstić information content (AvgIpc) is 2.73. The molecule has 0 spiro atoms. The van der Waals surface area contributed by atoms with Crippen molar-refractivity contribution in [1.29, 1.82) is 0 Å². The highest BCUT2D eigenvalue weighted by atomic mass is 16.5. The maximum Gasteiger partial charge on any atom is 0.157 e. The molecule has 0 bridgehead atoms. The second-order valence-corrected chi connectivity index (χ2v) is 8.22. The maximum absolute atomic E-state index is 10.8. The molecule has 0 aliphatic carbocycles. The predicted molar refractivity (Wildman–Crippen MR) is 115 cm³/mol. The van der Waals surface area contributed by atoms with Gasteiger partial charge in [0, 0.05) is 17.0 Å². The molecule has 0 saturated carbocycles. The van der Waals surface area contributed by atoms with Gasteiger partial charge >= 0.3 is 0 Å². The van der Waals surface area contributed by atoms with E-state index in [4.69, 9.17) is 4.74 Å². The van der Waals surface area contributed by atoms with E-state index in [9.17, 15) is 20.4 Å². The zero-order valence-corrected chi connectivity index (χ0v) is 18.0. The van der Waals surface area contributed by atoms with E-state index in [1.807, 2.05) is 41.5 Å². The van der Waals surface area contributed by atoms with Gasteiger partial charge in [-0.25, -0.2) is 0 Å². The van der Waals surface area contributed by atoms with Gasteiger partial charge in [0.15, 0.2) is 11.5 Å². The van der Waals surface area contributed by atoms with E-state index in [-0.39, 0.29) is 23.0 Å². The third-order valence-corrected chi connectivity index (χ3v) is 6.64. The van der Waals surface area contributed by atoms with E-state index in [2.05, 4.69) is 0 Å². The number of benzene rings is 3. The summed E-state index contributed by atoms with van der Waals surface area (Å²) in [5.41, 5.74) is 6.88. The molecule has 5 heteroatoms. The van der Waals surface area contributed by atoms with Gasteiger partial charge in [-0.3, -0.25) is 0 Å². The molecule has 1 aliphatic rings. The van der Waals surface area contributed by atoms with Crippen molar-refractivity contribution in [3.8, 4) is 34.5 Å². The lowest BCUT2D eigenvalue weighted by Gasteiger charge is -2.35. The lowest BCUT2D eigenvalue weighted by molar-refractivity contribution is 0.402. The zero-order chi connectivity index (χ0) is 22.1. The Morgan fingerprint density at radius 1 is 0.600 bits per heavy atom. The average molecular weight is 406 g/mol. The van der Waals surface area contributed by atoms with Gasteiger partial charge in [-0.05, 0) is 92.6 Å². The topological polar surface area (TPSA) is 90.2 Å². The minimum absolute atomic E-state index is 0.203. The smallest absolute Gasteiger partial charge is 0.157 e. The first-order valence-corrected chi connectivity index (χ1v) is 9.91. The summed E-state index contributed by atoms with van der Waals surface area (Å²) < 4.78 is 6.44. The molecule has 0 amide bonds. The quantitative estimate of drug-likeness (QED) is 0.307. The van der Waals surface area contributed by atoms with Gasteiger partial charge in [0.1, 0.15) is 23.0 Å². The van der Waals surface area contributed by atoms with E-state index >= 15 is 0 Å². The first-order chi connectivity index (χ1) is 14.1. The number of phenols is 4. The van der Waals surface area contributed by atoms with Crippen molar-refractivity contribution in [3.05, 3.63) is 68.3 Å². The lowest BCUT2D eigenvalue weighted by Crippen LogP contribution is -2.17. The Kier molecular flexibility index (Phi) is 4.38. The van der Waals surface area contributed by atoms with Crippen LogP contribution in [0.5, 0.6) is 34.5 Å². The third-order valence-electron chi connectivity index (χ3n) is 6.64. The van der Waals surface area contributed by atoms with Crippen LogP contribution in [0.1, 0.15) is 56.0 Å². The van der Waals surface area contributed by atoms with Crippen LogP contribution in [-0.2, 0) is 0 Å². The predicted octanol–water partition coefficient (Wildman–Crippen LogP) is 5.65. The number of hydrogen-bond donors (Lipinski definition) is 4. The minimum atomic E-state index is -0.398. The fraction of sp³-hybridized carbons (Fsp3) is 0.280. The van der Waals surface area contributed by atoms with Gasteiger partial charge in [-0.1, -0.05) is 6.07 Å². The van der Waals surface area contributed by atoms with Crippen LogP contribution >= 0.6 is 0 Å². The van der Waals surface area contributed by atoms with Crippen LogP contribution in [0.3, 0.4) is 0 Å². The van der Waals surface area contributed by atoms with E-state index in [0.717, 1.165) is 38.9 Å². The van der Waals surface area contributed by atoms with E-state index < -0.39 is 5.92 Å². The number of hydrogen-bond acceptors (Lipinski definition) is 5. The van der Waals surface area contributed by atoms with Crippen molar-refractivity contribution in [2.75, 3.05) is 0 Å². The largest absolute Gasteiger partial charge is 0.507 e. The van der Waals surface area contributed by atoms with Gasteiger partial charge in [-0.15, -0.1) is 0 Å². The summed E-state index contributed by atoms with van der Waals surface area (Å²) >= 11 is 0. The molecule has 156 valence electrons. The summed E-state index contributed by atoms with van der Waals surface area (Å²) in [6, 6.07) is 4.72. The molecule has 0 atom stereocenters. The second-order valence-electron chi connectivity index (χ2n) is 8.22. The maximum atomic E-state index is 10.8. The molecule has 1 heterocycles. The zero-order valence-electron chi connectivity index (χ0n) is 18.0. The number of ether oxygens (including phenoxy) is 1. The van der Waals surface area contributed by atoms with Crippen LogP contribution in [0.15, 0.2) is 18.2 Å². The molecule has 0 saturated heterocycles. The molecule has 0 unspecified atom stereocenters. The number of phenolic OH excluding ortho intramolecular Hbond substituents is 4. The van der Waals surface area contributed by atoms with Crippen LogP contribution in [0.25, 0.3) is 0 Å². The molecular formula is C25H26O5. The summed E-state index contributed by atoms with van der Waals surface area (Å²) in [5.74, 6) is 0.949. The Balaban J connectivity index is 2.18. The molecule has 1 aliphatic heterocycles. The Bertz CT molecular complexity index is 1150. The highest BCUT2D eigenvalue weighted by Gasteiger charge is 2.37. The van der Waals surface area contributed by atoms with Crippen molar-refractivity contribution in [3.63, 3.8) is 0 Å². The normalized spacial score (nSPS) is 13.0. The van der Waals surface area contributed by atoms with E-state index in [1.54, 1.807) is 6.07 Å². The summed E-state index contributed by atoms with van der Waals surface area (Å²) in [6.45, 7) is 11.2. The number of fused-ring (bicyclic) bond motifs is 2. The first-order valence-electron chi connectivity index (χ1n) is 9.91. The number of rotatable bonds is 1. The molecular weight excluding hydrogens is 380 g/mol. The van der Waals surface area contributed by atoms with Crippen molar-refractivity contribution in [2.45, 2.75) is 47.5 Å². The summed E-state index contributed by atoms with van der Waals surface area (Å²) in [6.07, 6.45) is 0. The third kappa shape index (κ3) is 2.54. The summed E-state index contributed by atoms with van der Waals surface area (Å²) in [7, 11) is 0. The van der Waals surface area contributed by atoms with Crippen LogP contribution in [0, 0.1) is 41.5 Å². The summed E-state index contributed by atoms with van der Waals surface area (Å²) in [5, 5.41) is 41.6. The van der Waals surface area contributed by atoms with Crippen LogP contribution < -0.4 is 4.74 Å². The van der Waals surface area contributed by atoms with Crippen molar-refractivity contribution >= 4 is 0 Å². The highest BCUT2D eigenvalue weighted by Crippen LogP contribution is 2.56. The van der Waals surface area contributed by atoms with Crippen molar-refractivity contribution < 1.29 is 25.2 Å². The molecule has 5 nitrogen and oxygen atoms in total. The Labute approximate surface area is 175 Å². The molecule has 30 heavy (non-hydrogen) atoms. The fourth-order valence-corrected chi connectivity index (χ4v) is 4.52. The molecule has 4 N–H and O–H groups in total. The lowest BCUT2D eigenvalue weighted by atomic mass is 9.76. The second kappa shape index (κ2) is 6.59. The molecule has 3 aromatic carbocycles. The SMILES string of the molecule is Cc1c(C)c2c(c(C)c1O)C(c1ccc(O)c(O)c1)c1c(C)c(O)c(C)c(C)c1O2. The molecule has 3 aromatic rings. The standard InChI is InChI=1S/C25H26O5/c1-10-12(3)24-19(14(5)22(10)28)21(16-7-8-17(26)18(27)9-16)20-15(6)23(29)11(2)13(4)25(20)30-24/h7-9,21,26-29H,1-6H3. The Morgan fingerprint density at radius 3 is 1.50 bits per heavy atom. The molecule has 0 aromatic heterocycles. The van der Waals surface area contributed by atoms with E-state index in [0.29, 0.717) is 22.6 Å². The van der Waals surface area contributed by atoms with Gasteiger partial charge < -0.3 is 25.2 Å². The van der Waals surface area contributed by atoms with Crippen molar-refractivity contribution in [1.82, 2.24) is 0 Å². The molecule has 0 radical (unpaired) electrons. The van der Waals surface area contributed by atoms with Gasteiger partial charge in [0.05, 0.1) is 0 Å². The van der Waals surface area contributed by atoms with Gasteiger partial charge in [0.2, 0.25) is 0 Å². The molecule has 0 fully saturated rings. The monoisotopic (exact) mass is 406 g/mol. The Hall–Kier alpha value is -3.34. The summed E-state index contributed by atoms with van der Waals surface area (Å²) in [4.78, 5) is 0. The Morgan fingerprint density at radius 2 is 1.07 bits per heavy atom. The van der Waals surface area contributed by atoms with E-state index in [1.165, 1.54) is 12.1 Å². The first kappa shape index (κ1) is 20.0. The van der Waals surface area contributed by atoms with Gasteiger partial charge in [0.25, 0.3) is 0 Å². The van der Waals surface area contributed by atoms with Crippen LogP contribution in [0.2, 0.25) is 0 Å². The van der Waals surface area contributed by atoms with Crippen LogP contribution in [0.4, 0.5) is 0 Å². The highest BCUT2D eigenvalue weighted by molar-refractivity contribution is 5.72.